The maximum atomic E-state index is 12.0. The van der Waals surface area contributed by atoms with Gasteiger partial charge < -0.3 is 10.4 Å². The van der Waals surface area contributed by atoms with Crippen molar-refractivity contribution >= 4 is 11.6 Å². The standard InChI is InChI=1S/C14H20N2O4/c1-10(9-17)5-4-8-15-14(18)12-7-3-6-11(2)13(12)16(19)20/h3,6-7,10,17H,4-5,8-9H2,1-2H3,(H,15,18). The van der Waals surface area contributed by atoms with Crippen LogP contribution in [-0.2, 0) is 0 Å². The maximum Gasteiger partial charge on any atom is 0.285 e. The van der Waals surface area contributed by atoms with Crippen molar-refractivity contribution in [3.05, 3.63) is 39.4 Å². The van der Waals surface area contributed by atoms with Crippen LogP contribution in [0.3, 0.4) is 0 Å². The van der Waals surface area contributed by atoms with E-state index in [1.807, 2.05) is 6.92 Å². The SMILES string of the molecule is Cc1cccc(C(=O)NCCCC(C)CO)c1[N+](=O)[O-]. The van der Waals surface area contributed by atoms with Gasteiger partial charge in [-0.05, 0) is 31.7 Å². The van der Waals surface area contributed by atoms with E-state index in [1.165, 1.54) is 6.07 Å². The Kier molecular flexibility index (Phi) is 6.11. The first-order chi connectivity index (χ1) is 9.47. The molecule has 6 heteroatoms. The monoisotopic (exact) mass is 280 g/mol. The topological polar surface area (TPSA) is 92.5 Å². The summed E-state index contributed by atoms with van der Waals surface area (Å²) in [6.07, 6.45) is 1.53. The Morgan fingerprint density at radius 3 is 2.80 bits per heavy atom. The molecule has 0 aliphatic heterocycles. The molecule has 0 aromatic heterocycles. The van der Waals surface area contributed by atoms with Crippen LogP contribution in [0.25, 0.3) is 0 Å². The molecule has 0 spiro atoms. The minimum atomic E-state index is -0.530. The zero-order valence-electron chi connectivity index (χ0n) is 11.8. The first-order valence-corrected chi connectivity index (χ1v) is 6.60. The quantitative estimate of drug-likeness (QED) is 0.454. The Bertz CT molecular complexity index is 488. The Hall–Kier alpha value is -1.95. The molecule has 0 heterocycles. The molecule has 0 saturated carbocycles. The molecular formula is C14H20N2O4. The number of aliphatic hydroxyl groups is 1. The second-order valence-corrected chi connectivity index (χ2v) is 4.91. The number of nitrogens with one attached hydrogen (secondary N) is 1. The van der Waals surface area contributed by atoms with Crippen LogP contribution in [0.5, 0.6) is 0 Å². The number of nitrogens with zero attached hydrogens (tertiary/aromatic N) is 1. The van der Waals surface area contributed by atoms with E-state index in [-0.39, 0.29) is 23.8 Å². The van der Waals surface area contributed by atoms with Gasteiger partial charge in [-0.15, -0.1) is 0 Å². The van der Waals surface area contributed by atoms with Gasteiger partial charge in [-0.3, -0.25) is 14.9 Å². The van der Waals surface area contributed by atoms with Crippen LogP contribution >= 0.6 is 0 Å². The number of rotatable bonds is 7. The number of para-hydroxylation sites is 1. The first kappa shape index (κ1) is 16.1. The van der Waals surface area contributed by atoms with Crippen LogP contribution in [0.4, 0.5) is 5.69 Å². The average Bonchev–Trinajstić information content (AvgIpc) is 2.42. The summed E-state index contributed by atoms with van der Waals surface area (Å²) in [6, 6.07) is 4.69. The van der Waals surface area contributed by atoms with Crippen LogP contribution in [0.2, 0.25) is 0 Å². The van der Waals surface area contributed by atoms with E-state index in [2.05, 4.69) is 5.32 Å². The lowest BCUT2D eigenvalue weighted by Crippen LogP contribution is -2.25. The van der Waals surface area contributed by atoms with E-state index in [4.69, 9.17) is 5.11 Å². The highest BCUT2D eigenvalue weighted by molar-refractivity contribution is 5.98. The number of carbonyl (C=O) groups excluding carboxylic acids is 1. The van der Waals surface area contributed by atoms with E-state index in [0.717, 1.165) is 12.8 Å². The lowest BCUT2D eigenvalue weighted by Gasteiger charge is -2.09. The lowest BCUT2D eigenvalue weighted by molar-refractivity contribution is -0.385. The fourth-order valence-electron chi connectivity index (χ4n) is 1.92. The van der Waals surface area contributed by atoms with Gasteiger partial charge in [0, 0.05) is 18.7 Å². The van der Waals surface area contributed by atoms with Crippen LogP contribution in [0, 0.1) is 23.0 Å². The molecule has 6 nitrogen and oxygen atoms in total. The normalized spacial score (nSPS) is 11.9. The molecule has 0 radical (unpaired) electrons. The molecule has 0 aliphatic carbocycles. The summed E-state index contributed by atoms with van der Waals surface area (Å²) >= 11 is 0. The second-order valence-electron chi connectivity index (χ2n) is 4.91. The molecule has 2 N–H and O–H groups in total. The minimum Gasteiger partial charge on any atom is -0.396 e. The lowest BCUT2D eigenvalue weighted by atomic mass is 10.1. The molecule has 110 valence electrons. The zero-order valence-corrected chi connectivity index (χ0v) is 11.8. The molecule has 1 aromatic carbocycles. The number of aliphatic hydroxyl groups excluding tert-OH is 1. The second kappa shape index (κ2) is 7.59. The molecule has 0 fully saturated rings. The highest BCUT2D eigenvalue weighted by Gasteiger charge is 2.21. The number of amides is 1. The Balaban J connectivity index is 2.64. The van der Waals surface area contributed by atoms with E-state index in [9.17, 15) is 14.9 Å². The van der Waals surface area contributed by atoms with Gasteiger partial charge in [-0.1, -0.05) is 19.1 Å². The predicted molar refractivity (Wildman–Crippen MR) is 75.7 cm³/mol. The van der Waals surface area contributed by atoms with Crippen LogP contribution in [0.15, 0.2) is 18.2 Å². The molecule has 0 aliphatic rings. The van der Waals surface area contributed by atoms with Gasteiger partial charge in [0.1, 0.15) is 5.56 Å². The van der Waals surface area contributed by atoms with E-state index in [0.29, 0.717) is 12.1 Å². The summed E-state index contributed by atoms with van der Waals surface area (Å²) in [7, 11) is 0. The molecule has 20 heavy (non-hydrogen) atoms. The van der Waals surface area contributed by atoms with Gasteiger partial charge in [0.05, 0.1) is 4.92 Å². The van der Waals surface area contributed by atoms with Gasteiger partial charge in [0.25, 0.3) is 11.6 Å². The smallest absolute Gasteiger partial charge is 0.285 e. The number of nitro benzene ring substituents is 1. The zero-order chi connectivity index (χ0) is 15.1. The number of benzene rings is 1. The molecule has 1 rings (SSSR count). The van der Waals surface area contributed by atoms with Crippen LogP contribution < -0.4 is 5.32 Å². The van der Waals surface area contributed by atoms with Crippen molar-refractivity contribution in [2.45, 2.75) is 26.7 Å². The van der Waals surface area contributed by atoms with Crippen LogP contribution in [-0.4, -0.2) is 29.1 Å². The molecule has 0 saturated heterocycles. The van der Waals surface area contributed by atoms with Gasteiger partial charge in [0.2, 0.25) is 0 Å². The Labute approximate surface area is 118 Å². The van der Waals surface area contributed by atoms with Gasteiger partial charge in [-0.25, -0.2) is 0 Å². The molecule has 1 atom stereocenters. The Morgan fingerprint density at radius 2 is 2.20 bits per heavy atom. The molecule has 1 unspecified atom stereocenters. The van der Waals surface area contributed by atoms with Gasteiger partial charge >= 0.3 is 0 Å². The number of aryl methyl sites for hydroxylation is 1. The van der Waals surface area contributed by atoms with Crippen molar-refractivity contribution in [2.24, 2.45) is 5.92 Å². The summed E-state index contributed by atoms with van der Waals surface area (Å²) in [5, 5.41) is 22.6. The number of hydrogen-bond donors (Lipinski definition) is 2. The third-order valence-corrected chi connectivity index (χ3v) is 3.14. The summed E-state index contributed by atoms with van der Waals surface area (Å²) in [5.41, 5.74) is 0.412. The van der Waals surface area contributed by atoms with Crippen molar-refractivity contribution in [3.63, 3.8) is 0 Å². The van der Waals surface area contributed by atoms with E-state index < -0.39 is 10.8 Å². The number of nitro groups is 1. The summed E-state index contributed by atoms with van der Waals surface area (Å²) in [5.74, 6) is -0.239. The summed E-state index contributed by atoms with van der Waals surface area (Å²) in [4.78, 5) is 22.4. The Morgan fingerprint density at radius 1 is 1.50 bits per heavy atom. The third kappa shape index (κ3) is 4.31. The van der Waals surface area contributed by atoms with Crippen molar-refractivity contribution < 1.29 is 14.8 Å². The van der Waals surface area contributed by atoms with E-state index in [1.54, 1.807) is 19.1 Å². The van der Waals surface area contributed by atoms with Crippen LogP contribution in [0.1, 0.15) is 35.7 Å². The molecule has 1 amide bonds. The average molecular weight is 280 g/mol. The highest BCUT2D eigenvalue weighted by atomic mass is 16.6. The number of carbonyl (C=O) groups is 1. The fourth-order valence-corrected chi connectivity index (χ4v) is 1.92. The van der Waals surface area contributed by atoms with Gasteiger partial charge in [-0.2, -0.15) is 0 Å². The molecule has 1 aromatic rings. The summed E-state index contributed by atoms with van der Waals surface area (Å²) < 4.78 is 0. The highest BCUT2D eigenvalue weighted by Crippen LogP contribution is 2.22. The third-order valence-electron chi connectivity index (χ3n) is 3.14. The molecular weight excluding hydrogens is 260 g/mol. The van der Waals surface area contributed by atoms with Crippen molar-refractivity contribution in [2.75, 3.05) is 13.2 Å². The van der Waals surface area contributed by atoms with Gasteiger partial charge in [0.15, 0.2) is 0 Å². The largest absolute Gasteiger partial charge is 0.396 e. The number of hydrogen-bond acceptors (Lipinski definition) is 4. The minimum absolute atomic E-state index is 0.0882. The summed E-state index contributed by atoms with van der Waals surface area (Å²) in [6.45, 7) is 4.09. The maximum absolute atomic E-state index is 12.0. The van der Waals surface area contributed by atoms with Crippen molar-refractivity contribution in [1.82, 2.24) is 5.32 Å². The van der Waals surface area contributed by atoms with Crippen molar-refractivity contribution in [1.29, 1.82) is 0 Å². The fraction of sp³-hybridized carbons (Fsp3) is 0.500. The van der Waals surface area contributed by atoms with Crippen molar-refractivity contribution in [3.8, 4) is 0 Å². The van der Waals surface area contributed by atoms with E-state index >= 15 is 0 Å². The first-order valence-electron chi connectivity index (χ1n) is 6.60. The predicted octanol–water partition coefficient (Wildman–Crippen LogP) is 2.04. The molecule has 0 bridgehead atoms.